The predicted octanol–water partition coefficient (Wildman–Crippen LogP) is 6.07. The van der Waals surface area contributed by atoms with Gasteiger partial charge in [0.05, 0.1) is 0 Å². The van der Waals surface area contributed by atoms with Crippen molar-refractivity contribution in [3.8, 4) is 0 Å². The van der Waals surface area contributed by atoms with E-state index in [4.69, 9.17) is 5.73 Å². The minimum absolute atomic E-state index is 0.191. The highest BCUT2D eigenvalue weighted by Crippen LogP contribution is 2.37. The number of aromatic amines is 1. The molecule has 0 unspecified atom stereocenters. The summed E-state index contributed by atoms with van der Waals surface area (Å²) in [6.07, 6.45) is 4.94. The molecule has 0 fully saturated rings. The van der Waals surface area contributed by atoms with Gasteiger partial charge in [0.15, 0.2) is 0 Å². The second-order valence-electron chi connectivity index (χ2n) is 8.84. The molecule has 0 aliphatic rings. The molecule has 27 heavy (non-hydrogen) atoms. The topological polar surface area (TPSA) is 41.8 Å². The average molecular weight is 369 g/mol. The number of benzene rings is 1. The van der Waals surface area contributed by atoms with Crippen molar-refractivity contribution in [2.75, 3.05) is 0 Å². The second kappa shape index (κ2) is 7.85. The van der Waals surface area contributed by atoms with Gasteiger partial charge in [-0.1, -0.05) is 37.6 Å². The molecule has 0 amide bonds. The summed E-state index contributed by atoms with van der Waals surface area (Å²) in [7, 11) is 0. The van der Waals surface area contributed by atoms with Gasteiger partial charge in [-0.15, -0.1) is 0 Å². The van der Waals surface area contributed by atoms with Crippen molar-refractivity contribution in [2.24, 2.45) is 5.73 Å². The fraction of sp³-hybridized carbons (Fsp3) is 0.417. The predicted molar refractivity (Wildman–Crippen MR) is 114 cm³/mol. The molecule has 3 heteroatoms. The molecule has 1 aromatic heterocycles. The molecule has 0 atom stereocenters. The van der Waals surface area contributed by atoms with E-state index in [0.717, 1.165) is 22.5 Å². The highest BCUT2D eigenvalue weighted by atomic mass is 19.1. The summed E-state index contributed by atoms with van der Waals surface area (Å²) >= 11 is 0. The lowest BCUT2D eigenvalue weighted by molar-refractivity contribution is 0.295. The van der Waals surface area contributed by atoms with E-state index in [1.165, 1.54) is 11.6 Å². The van der Waals surface area contributed by atoms with Gasteiger partial charge in [-0.2, -0.15) is 0 Å². The van der Waals surface area contributed by atoms with Gasteiger partial charge in [0.25, 0.3) is 0 Å². The summed E-state index contributed by atoms with van der Waals surface area (Å²) in [5.74, 6) is -0.191. The van der Waals surface area contributed by atoms with Gasteiger partial charge in [0.2, 0.25) is 0 Å². The standard InChI is InChI=1S/C24H33FN2/c1-16(2)13-18(15-20-12-11-17(3)27-20)14-19-9-8-10-21(25)22(19)23(4,5)24(6,7)26/h8-13,15,27H,14,26H2,1-7H3/b18-15+. The molecule has 2 nitrogen and oxygen atoms in total. The number of nitrogens with one attached hydrogen (secondary N) is 1. The van der Waals surface area contributed by atoms with Crippen LogP contribution in [0.4, 0.5) is 4.39 Å². The molecule has 0 radical (unpaired) electrons. The van der Waals surface area contributed by atoms with Crippen molar-refractivity contribution in [2.45, 2.75) is 65.8 Å². The molecule has 2 rings (SSSR count). The third-order valence-corrected chi connectivity index (χ3v) is 5.40. The molecule has 2 aromatic rings. The van der Waals surface area contributed by atoms with E-state index in [1.54, 1.807) is 6.07 Å². The van der Waals surface area contributed by atoms with Crippen molar-refractivity contribution in [3.05, 3.63) is 75.9 Å². The van der Waals surface area contributed by atoms with E-state index in [0.29, 0.717) is 12.0 Å². The van der Waals surface area contributed by atoms with E-state index in [1.807, 2.05) is 40.7 Å². The maximum absolute atomic E-state index is 14.9. The van der Waals surface area contributed by atoms with Crippen LogP contribution in [0.15, 0.2) is 47.6 Å². The van der Waals surface area contributed by atoms with Crippen LogP contribution in [-0.4, -0.2) is 10.5 Å². The van der Waals surface area contributed by atoms with Crippen LogP contribution in [0.3, 0.4) is 0 Å². The maximum Gasteiger partial charge on any atom is 0.127 e. The van der Waals surface area contributed by atoms with E-state index in [2.05, 4.69) is 43.1 Å². The third kappa shape index (κ3) is 4.98. The molecule has 3 N–H and O–H groups in total. The van der Waals surface area contributed by atoms with Gasteiger partial charge in [-0.3, -0.25) is 0 Å². The largest absolute Gasteiger partial charge is 0.359 e. The fourth-order valence-electron chi connectivity index (χ4n) is 3.28. The maximum atomic E-state index is 14.9. The number of H-pyrrole nitrogens is 1. The van der Waals surface area contributed by atoms with Gasteiger partial charge >= 0.3 is 0 Å². The summed E-state index contributed by atoms with van der Waals surface area (Å²) in [5, 5.41) is 0. The van der Waals surface area contributed by atoms with Crippen molar-refractivity contribution >= 4 is 6.08 Å². The summed E-state index contributed by atoms with van der Waals surface area (Å²) < 4.78 is 14.9. The summed E-state index contributed by atoms with van der Waals surface area (Å²) in [6, 6.07) is 9.45. The molecule has 1 heterocycles. The molecule has 1 aromatic carbocycles. The minimum atomic E-state index is -0.555. The van der Waals surface area contributed by atoms with Gasteiger partial charge in [-0.25, -0.2) is 4.39 Å². The third-order valence-electron chi connectivity index (χ3n) is 5.40. The molecular weight excluding hydrogens is 335 g/mol. The first-order chi connectivity index (χ1) is 12.4. The van der Waals surface area contributed by atoms with E-state index in [-0.39, 0.29) is 5.82 Å². The Morgan fingerprint density at radius 1 is 1.11 bits per heavy atom. The minimum Gasteiger partial charge on any atom is -0.359 e. The van der Waals surface area contributed by atoms with Crippen LogP contribution in [-0.2, 0) is 11.8 Å². The Morgan fingerprint density at radius 3 is 2.30 bits per heavy atom. The van der Waals surface area contributed by atoms with Crippen molar-refractivity contribution < 1.29 is 4.39 Å². The van der Waals surface area contributed by atoms with Crippen LogP contribution in [0.5, 0.6) is 0 Å². The molecule has 146 valence electrons. The first-order valence-corrected chi connectivity index (χ1v) is 9.49. The monoisotopic (exact) mass is 368 g/mol. The van der Waals surface area contributed by atoms with Crippen molar-refractivity contribution in [1.82, 2.24) is 4.98 Å². The average Bonchev–Trinajstić information content (AvgIpc) is 2.90. The number of aromatic nitrogens is 1. The highest BCUT2D eigenvalue weighted by Gasteiger charge is 2.38. The summed E-state index contributed by atoms with van der Waals surface area (Å²) in [5.41, 5.74) is 11.6. The van der Waals surface area contributed by atoms with Crippen LogP contribution >= 0.6 is 0 Å². The smallest absolute Gasteiger partial charge is 0.127 e. The van der Waals surface area contributed by atoms with Crippen LogP contribution in [0.25, 0.3) is 6.08 Å². The number of rotatable bonds is 6. The number of allylic oxidation sites excluding steroid dienone is 3. The van der Waals surface area contributed by atoms with Gasteiger partial charge < -0.3 is 10.7 Å². The van der Waals surface area contributed by atoms with Gasteiger partial charge in [0.1, 0.15) is 5.82 Å². The molecule has 0 aliphatic heterocycles. The molecule has 0 saturated carbocycles. The zero-order chi connectivity index (χ0) is 20.4. The van der Waals surface area contributed by atoms with Crippen LogP contribution in [0, 0.1) is 12.7 Å². The molecular formula is C24H33FN2. The summed E-state index contributed by atoms with van der Waals surface area (Å²) in [6.45, 7) is 14.1. The number of hydrogen-bond acceptors (Lipinski definition) is 1. The Balaban J connectivity index is 2.55. The highest BCUT2D eigenvalue weighted by molar-refractivity contribution is 5.56. The zero-order valence-electron chi connectivity index (χ0n) is 17.7. The Labute approximate surface area is 163 Å². The fourth-order valence-corrected chi connectivity index (χ4v) is 3.28. The molecule has 0 aliphatic carbocycles. The Morgan fingerprint density at radius 2 is 1.78 bits per heavy atom. The SMILES string of the molecule is CC(C)=C/C(=C\c1ccc(C)[nH]1)Cc1cccc(F)c1C(C)(C)C(C)(C)N. The normalized spacial score (nSPS) is 13.0. The van der Waals surface area contributed by atoms with Crippen LogP contribution in [0.2, 0.25) is 0 Å². The number of aryl methyl sites for hydroxylation is 1. The van der Waals surface area contributed by atoms with Crippen LogP contribution < -0.4 is 5.73 Å². The van der Waals surface area contributed by atoms with Crippen LogP contribution in [0.1, 0.15) is 64.1 Å². The van der Waals surface area contributed by atoms with Crippen molar-refractivity contribution in [3.63, 3.8) is 0 Å². The van der Waals surface area contributed by atoms with E-state index < -0.39 is 11.0 Å². The Hall–Kier alpha value is -2.13. The number of hydrogen-bond donors (Lipinski definition) is 2. The first-order valence-electron chi connectivity index (χ1n) is 9.49. The lowest BCUT2D eigenvalue weighted by Gasteiger charge is -2.40. The lowest BCUT2D eigenvalue weighted by atomic mass is 9.68. The van der Waals surface area contributed by atoms with Gasteiger partial charge in [-0.05, 0) is 82.0 Å². The second-order valence-corrected chi connectivity index (χ2v) is 8.84. The zero-order valence-corrected chi connectivity index (χ0v) is 17.7. The first kappa shape index (κ1) is 21.2. The molecule has 0 saturated heterocycles. The quantitative estimate of drug-likeness (QED) is 0.597. The molecule has 0 bridgehead atoms. The number of nitrogens with two attached hydrogens (primary N) is 1. The van der Waals surface area contributed by atoms with E-state index >= 15 is 0 Å². The molecule has 0 spiro atoms. The lowest BCUT2D eigenvalue weighted by Crippen LogP contribution is -2.51. The Kier molecular flexibility index (Phi) is 6.16. The summed E-state index contributed by atoms with van der Waals surface area (Å²) in [4.78, 5) is 3.35. The number of halogens is 1. The van der Waals surface area contributed by atoms with Gasteiger partial charge in [0, 0.05) is 22.3 Å². The Bertz CT molecular complexity index is 857. The van der Waals surface area contributed by atoms with Crippen molar-refractivity contribution in [1.29, 1.82) is 0 Å². The van der Waals surface area contributed by atoms with E-state index in [9.17, 15) is 4.39 Å².